The fourth-order valence-electron chi connectivity index (χ4n) is 2.53. The first-order valence-electron chi connectivity index (χ1n) is 8.86. The van der Waals surface area contributed by atoms with Crippen LogP contribution in [0, 0.1) is 0 Å². The summed E-state index contributed by atoms with van der Waals surface area (Å²) in [7, 11) is 0. The molecule has 3 unspecified atom stereocenters. The van der Waals surface area contributed by atoms with Crippen LogP contribution < -0.4 is 5.32 Å². The number of amides is 2. The summed E-state index contributed by atoms with van der Waals surface area (Å²) in [5, 5.41) is 11.9. The van der Waals surface area contributed by atoms with E-state index in [1.807, 2.05) is 0 Å². The van der Waals surface area contributed by atoms with Gasteiger partial charge in [-0.3, -0.25) is 9.59 Å². The number of rotatable bonds is 12. The normalized spacial score (nSPS) is 21.9. The second-order valence-electron chi connectivity index (χ2n) is 6.39. The van der Waals surface area contributed by atoms with Crippen LogP contribution >= 0.6 is 6.72 Å². The second kappa shape index (κ2) is 12.5. The summed E-state index contributed by atoms with van der Waals surface area (Å²) in [4.78, 5) is 34.5. The molecule has 0 bridgehead atoms. The fourth-order valence-corrected chi connectivity index (χ4v) is 4.52. The van der Waals surface area contributed by atoms with Crippen LogP contribution in [-0.4, -0.2) is 77.9 Å². The van der Waals surface area contributed by atoms with E-state index in [0.29, 0.717) is 6.42 Å². The maximum atomic E-state index is 12.3. The van der Waals surface area contributed by atoms with Gasteiger partial charge in [0, 0.05) is 19.7 Å². The van der Waals surface area contributed by atoms with Gasteiger partial charge >= 0.3 is 6.72 Å². The average molecular weight is 440 g/mol. The molecular weight excluding hydrogens is 411 g/mol. The van der Waals surface area contributed by atoms with E-state index in [1.165, 1.54) is 24.3 Å². The molecule has 3 atom stereocenters. The Morgan fingerprint density at radius 3 is 2.71 bits per heavy atom. The van der Waals surface area contributed by atoms with Gasteiger partial charge in [-0.25, -0.2) is 0 Å². The molecule has 0 aromatic rings. The van der Waals surface area contributed by atoms with E-state index < -0.39 is 18.9 Å². The van der Waals surface area contributed by atoms with E-state index in [2.05, 4.69) is 5.32 Å². The first-order valence-corrected chi connectivity index (χ1v) is 11.4. The molecule has 0 radical (unpaired) electrons. The zero-order valence-corrected chi connectivity index (χ0v) is 18.0. The number of likely N-dealkylation sites (tertiary alicyclic amines) is 1. The van der Waals surface area contributed by atoms with E-state index in [0.717, 1.165) is 0 Å². The molecule has 1 fully saturated rings. The minimum Gasteiger partial charge on any atom is -0.497 e. The Morgan fingerprint density at radius 1 is 1.39 bits per heavy atom. The van der Waals surface area contributed by atoms with Crippen molar-refractivity contribution in [2.75, 3.05) is 33.0 Å². The van der Waals surface area contributed by atoms with E-state index in [4.69, 9.17) is 30.3 Å². The zero-order chi connectivity index (χ0) is 21.2. The lowest BCUT2D eigenvalue weighted by Gasteiger charge is -2.23. The molecule has 3 N–H and O–H groups in total. The third-order valence-electron chi connectivity index (χ3n) is 3.56. The van der Waals surface area contributed by atoms with Gasteiger partial charge in [-0.15, -0.1) is 0 Å². The number of aliphatic hydroxyl groups excluding tert-OH is 1. The van der Waals surface area contributed by atoms with Gasteiger partial charge in [0.15, 0.2) is 0 Å². The predicted molar refractivity (Wildman–Crippen MR) is 105 cm³/mol. The lowest BCUT2D eigenvalue weighted by atomic mass is 10.2. The van der Waals surface area contributed by atoms with E-state index in [9.17, 15) is 19.6 Å². The number of nitrogens with zero attached hydrogens (tertiary/aromatic N) is 1. The molecule has 0 aromatic carbocycles. The van der Waals surface area contributed by atoms with Gasteiger partial charge in [-0.2, -0.15) is 0 Å². The maximum Gasteiger partial charge on any atom is 0.325 e. The molecule has 1 aliphatic heterocycles. The van der Waals surface area contributed by atoms with Crippen molar-refractivity contribution in [2.24, 2.45) is 0 Å². The molecular formula is C16H29N2O8PS. The van der Waals surface area contributed by atoms with Gasteiger partial charge in [-0.1, -0.05) is 0 Å². The highest BCUT2D eigenvalue weighted by atomic mass is 32.5. The van der Waals surface area contributed by atoms with Gasteiger partial charge in [0.2, 0.25) is 11.8 Å². The summed E-state index contributed by atoms with van der Waals surface area (Å²) in [6.07, 6.45) is 2.22. The molecule has 1 rings (SSSR count). The van der Waals surface area contributed by atoms with Crippen molar-refractivity contribution in [1.82, 2.24) is 10.2 Å². The number of hydrogen-bond acceptors (Lipinski definition) is 8. The lowest BCUT2D eigenvalue weighted by molar-refractivity contribution is -0.138. The number of carbonyl (C=O) groups is 2. The summed E-state index contributed by atoms with van der Waals surface area (Å²) in [5.41, 5.74) is 0. The average Bonchev–Trinajstić information content (AvgIpc) is 2.97. The van der Waals surface area contributed by atoms with Crippen molar-refractivity contribution in [3.8, 4) is 0 Å². The Hall–Kier alpha value is -1.07. The monoisotopic (exact) mass is 440 g/mol. The second-order valence-corrected chi connectivity index (χ2v) is 9.14. The van der Waals surface area contributed by atoms with Crippen LogP contribution in [0.25, 0.3) is 0 Å². The van der Waals surface area contributed by atoms with Gasteiger partial charge < -0.3 is 38.7 Å². The van der Waals surface area contributed by atoms with Crippen LogP contribution in [-0.2, 0) is 39.9 Å². The Bertz CT molecular complexity index is 589. The largest absolute Gasteiger partial charge is 0.497 e. The molecule has 0 saturated carbocycles. The molecule has 1 saturated heterocycles. The van der Waals surface area contributed by atoms with Crippen LogP contribution in [0.5, 0.6) is 0 Å². The molecule has 28 heavy (non-hydrogen) atoms. The third-order valence-corrected chi connectivity index (χ3v) is 5.32. The minimum absolute atomic E-state index is 0.174. The lowest BCUT2D eigenvalue weighted by Crippen LogP contribution is -2.40. The Balaban J connectivity index is 2.36. The van der Waals surface area contributed by atoms with Gasteiger partial charge in [0.1, 0.15) is 13.2 Å². The summed E-state index contributed by atoms with van der Waals surface area (Å²) in [5.74, 6) is -0.518. The zero-order valence-electron chi connectivity index (χ0n) is 16.3. The van der Waals surface area contributed by atoms with Crippen molar-refractivity contribution in [2.45, 2.75) is 45.4 Å². The van der Waals surface area contributed by atoms with Gasteiger partial charge in [0.25, 0.3) is 0 Å². The predicted octanol–water partition coefficient (Wildman–Crippen LogP) is 0.247. The standard InChI is InChI=1S/C16H29N2O8PS/c1-12(2)25-27(22,28)26-15-8-14(10-19)18(9-15)16(21)11-24-7-6-23-5-4-17-13(3)20/h4-5,12,14-15,19H,6-11H2,1-3H3,(H,17,20)(H,22,28)/b5-4-. The molecule has 0 spiro atoms. The molecule has 1 aliphatic rings. The van der Waals surface area contributed by atoms with E-state index in [-0.39, 0.29) is 50.9 Å². The summed E-state index contributed by atoms with van der Waals surface area (Å²) >= 11 is 4.97. The highest BCUT2D eigenvalue weighted by Gasteiger charge is 2.38. The number of aliphatic hydroxyl groups is 1. The number of hydrogen-bond donors (Lipinski definition) is 3. The van der Waals surface area contributed by atoms with Crippen molar-refractivity contribution < 1.29 is 38.1 Å². The van der Waals surface area contributed by atoms with E-state index >= 15 is 0 Å². The Labute approximate surface area is 170 Å². The van der Waals surface area contributed by atoms with Crippen LogP contribution in [0.4, 0.5) is 0 Å². The first-order chi connectivity index (χ1) is 13.1. The summed E-state index contributed by atoms with van der Waals surface area (Å²) in [6, 6.07) is -0.438. The Kier molecular flexibility index (Phi) is 11.1. The molecule has 10 nitrogen and oxygen atoms in total. The molecule has 12 heteroatoms. The van der Waals surface area contributed by atoms with Crippen LogP contribution in [0.3, 0.4) is 0 Å². The number of carbonyl (C=O) groups excluding carboxylic acids is 2. The SMILES string of the molecule is CC(=O)N/C=C\OCCOCC(=O)N1CC(OP(O)(=S)OC(C)C)CC1CO. The molecule has 0 aromatic heterocycles. The van der Waals surface area contributed by atoms with Gasteiger partial charge in [0.05, 0.1) is 37.7 Å². The smallest absolute Gasteiger partial charge is 0.325 e. The van der Waals surface area contributed by atoms with Crippen LogP contribution in [0.2, 0.25) is 0 Å². The maximum absolute atomic E-state index is 12.3. The Morgan fingerprint density at radius 2 is 2.11 bits per heavy atom. The van der Waals surface area contributed by atoms with Crippen molar-refractivity contribution >= 4 is 30.3 Å². The molecule has 1 heterocycles. The van der Waals surface area contributed by atoms with Gasteiger partial charge in [-0.05, 0) is 32.1 Å². The van der Waals surface area contributed by atoms with Crippen molar-refractivity contribution in [1.29, 1.82) is 0 Å². The summed E-state index contributed by atoms with van der Waals surface area (Å²) in [6.45, 7) is 1.59. The van der Waals surface area contributed by atoms with Crippen LogP contribution in [0.1, 0.15) is 27.2 Å². The minimum atomic E-state index is -3.40. The number of nitrogens with one attached hydrogen (secondary N) is 1. The fraction of sp³-hybridized carbons (Fsp3) is 0.750. The molecule has 0 aliphatic carbocycles. The summed E-state index contributed by atoms with van der Waals surface area (Å²) < 4.78 is 21.1. The quantitative estimate of drug-likeness (QED) is 0.222. The van der Waals surface area contributed by atoms with E-state index in [1.54, 1.807) is 13.8 Å². The van der Waals surface area contributed by atoms with Crippen molar-refractivity contribution in [3.63, 3.8) is 0 Å². The van der Waals surface area contributed by atoms with Crippen molar-refractivity contribution in [3.05, 3.63) is 12.5 Å². The third kappa shape index (κ3) is 9.92. The first kappa shape index (κ1) is 25.0. The molecule has 2 amide bonds. The highest BCUT2D eigenvalue weighted by Crippen LogP contribution is 2.47. The van der Waals surface area contributed by atoms with Crippen LogP contribution in [0.15, 0.2) is 12.5 Å². The topological polar surface area (TPSA) is 127 Å². The number of ether oxygens (including phenoxy) is 2. The highest BCUT2D eigenvalue weighted by molar-refractivity contribution is 8.07. The molecule has 162 valence electrons.